The van der Waals surface area contributed by atoms with Crippen molar-refractivity contribution in [2.45, 2.75) is 62.8 Å². The molecule has 6 aromatic rings. The minimum absolute atomic E-state index is 0. The van der Waals surface area contributed by atoms with Gasteiger partial charge in [-0.2, -0.15) is 9.13 Å². The van der Waals surface area contributed by atoms with Crippen molar-refractivity contribution in [2.24, 2.45) is 14.1 Å². The van der Waals surface area contributed by atoms with Gasteiger partial charge in [0.15, 0.2) is 0 Å². The summed E-state index contributed by atoms with van der Waals surface area (Å²) in [7, 11) is 4.32. The van der Waals surface area contributed by atoms with Crippen molar-refractivity contribution in [3.63, 3.8) is 0 Å². The molecular weight excluding hydrogens is 472 g/mol. The molecule has 6 rings (SSSR count). The fourth-order valence-corrected chi connectivity index (χ4v) is 5.00. The molecule has 2 nitrogen and oxygen atoms in total. The summed E-state index contributed by atoms with van der Waals surface area (Å²) in [4.78, 5) is 0. The Kier molecular flexibility index (Phi) is 13.8. The molecule has 2 heterocycles. The third kappa shape index (κ3) is 6.11. The average Bonchev–Trinajstić information content (AvgIpc) is 3.03. The first kappa shape index (κ1) is 33.2. The highest BCUT2D eigenvalue weighted by Gasteiger charge is 2.24. The van der Waals surface area contributed by atoms with E-state index < -0.39 is 0 Å². The molecule has 0 bridgehead atoms. The van der Waals surface area contributed by atoms with Crippen LogP contribution in [0.2, 0.25) is 0 Å². The van der Waals surface area contributed by atoms with Gasteiger partial charge < -0.3 is 0 Å². The molecule has 0 aliphatic rings. The second kappa shape index (κ2) is 16.2. The summed E-state index contributed by atoms with van der Waals surface area (Å²) in [5, 5.41) is 5.12. The molecule has 0 radical (unpaired) electrons. The molecule has 0 amide bonds. The number of aromatic nitrogens is 2. The first-order valence-corrected chi connectivity index (χ1v) is 14.3. The van der Waals surface area contributed by atoms with Gasteiger partial charge in [-0.25, -0.2) is 0 Å². The first-order valence-electron chi connectivity index (χ1n) is 14.3. The number of para-hydroxylation sites is 4. The predicted octanol–water partition coefficient (Wildman–Crippen LogP) is 10.4. The maximum absolute atomic E-state index is 2.31. The summed E-state index contributed by atoms with van der Waals surface area (Å²) in [6.07, 6.45) is 0. The van der Waals surface area contributed by atoms with Gasteiger partial charge in [0.05, 0.1) is 21.5 Å². The quantitative estimate of drug-likeness (QED) is 0.150. The molecule has 0 fully saturated rings. The zero-order valence-corrected chi connectivity index (χ0v) is 25.1. The Morgan fingerprint density at radius 2 is 0.513 bits per heavy atom. The lowest BCUT2D eigenvalue weighted by Crippen LogP contribution is -2.31. The Bertz CT molecular complexity index is 1380. The molecule has 206 valence electrons. The maximum atomic E-state index is 2.31. The van der Waals surface area contributed by atoms with Crippen molar-refractivity contribution in [3.05, 3.63) is 97.1 Å². The molecule has 39 heavy (non-hydrogen) atoms. The highest BCUT2D eigenvalue weighted by atomic mass is 14.9. The van der Waals surface area contributed by atoms with E-state index in [1.807, 2.05) is 55.4 Å². The van der Waals surface area contributed by atoms with Crippen molar-refractivity contribution in [1.29, 1.82) is 0 Å². The summed E-state index contributed by atoms with van der Waals surface area (Å²) in [5.74, 6) is 0. The van der Waals surface area contributed by atoms with Crippen LogP contribution in [-0.4, -0.2) is 0 Å². The van der Waals surface area contributed by atoms with Crippen LogP contribution in [0.15, 0.2) is 97.1 Å². The average molecular weight is 523 g/mol. The van der Waals surface area contributed by atoms with Crippen LogP contribution in [0.4, 0.5) is 0 Å². The van der Waals surface area contributed by atoms with Gasteiger partial charge in [-0.1, -0.05) is 111 Å². The SMILES string of the molecule is C.CC.CC.CC.CC.C[n+]1c2ccccc2c(-c2c3ccccc3[n+](C)c3ccccc23)c2ccccc21. The second-order valence-corrected chi connectivity index (χ2v) is 7.94. The van der Waals surface area contributed by atoms with E-state index in [-0.39, 0.29) is 7.43 Å². The van der Waals surface area contributed by atoms with E-state index >= 15 is 0 Å². The van der Waals surface area contributed by atoms with Gasteiger partial charge in [-0.15, -0.1) is 0 Å². The number of rotatable bonds is 1. The fraction of sp³-hybridized carbons (Fsp3) is 0.297. The lowest BCUT2D eigenvalue weighted by atomic mass is 9.90. The molecule has 0 N–H and O–H groups in total. The molecule has 0 aliphatic heterocycles. The summed E-state index contributed by atoms with van der Waals surface area (Å²) >= 11 is 0. The third-order valence-corrected chi connectivity index (χ3v) is 6.39. The summed E-state index contributed by atoms with van der Waals surface area (Å²) in [6, 6.07) is 35.0. The molecule has 0 atom stereocenters. The smallest absolute Gasteiger partial charge is 0.194 e. The zero-order chi connectivity index (χ0) is 28.2. The van der Waals surface area contributed by atoms with Crippen LogP contribution < -0.4 is 9.13 Å². The topological polar surface area (TPSA) is 7.76 Å². The Labute approximate surface area is 237 Å². The van der Waals surface area contributed by atoms with Crippen LogP contribution in [0.5, 0.6) is 0 Å². The van der Waals surface area contributed by atoms with Crippen LogP contribution in [0, 0.1) is 0 Å². The Hall–Kier alpha value is -3.78. The lowest BCUT2D eigenvalue weighted by molar-refractivity contribution is -0.617. The van der Waals surface area contributed by atoms with Gasteiger partial charge >= 0.3 is 0 Å². The molecule has 2 aromatic heterocycles. The van der Waals surface area contributed by atoms with E-state index in [9.17, 15) is 0 Å². The van der Waals surface area contributed by atoms with Crippen molar-refractivity contribution >= 4 is 43.6 Å². The number of hydrogen-bond acceptors (Lipinski definition) is 0. The van der Waals surface area contributed by atoms with Crippen LogP contribution in [0.3, 0.4) is 0 Å². The lowest BCUT2D eigenvalue weighted by Gasteiger charge is -2.14. The molecule has 0 saturated heterocycles. The standard InChI is InChI=1S/C28H22N2.4C2H6.CH4/c1-29-23-15-7-3-11-19(23)27(20-12-4-8-16-24(20)29)28-21-13-5-9-17-25(21)30(2)26-18-10-6-14-22(26)28;4*1-2;/h3-18H,1-2H3;4*1-2H3;1H4/q+2;;;;;. The molecule has 0 spiro atoms. The Morgan fingerprint density at radius 3 is 0.718 bits per heavy atom. The van der Waals surface area contributed by atoms with E-state index in [1.54, 1.807) is 0 Å². The summed E-state index contributed by atoms with van der Waals surface area (Å²) < 4.78 is 4.61. The van der Waals surface area contributed by atoms with Crippen LogP contribution in [-0.2, 0) is 14.1 Å². The highest BCUT2D eigenvalue weighted by Crippen LogP contribution is 2.40. The monoisotopic (exact) mass is 522 g/mol. The van der Waals surface area contributed by atoms with Crippen molar-refractivity contribution in [2.75, 3.05) is 0 Å². The second-order valence-electron chi connectivity index (χ2n) is 7.94. The molecule has 0 aliphatic carbocycles. The maximum Gasteiger partial charge on any atom is 0.213 e. The highest BCUT2D eigenvalue weighted by molar-refractivity contribution is 6.18. The summed E-state index contributed by atoms with van der Waals surface area (Å²) in [6.45, 7) is 16.0. The minimum atomic E-state index is 0. The van der Waals surface area contributed by atoms with Crippen molar-refractivity contribution in [1.82, 2.24) is 0 Å². The number of hydrogen-bond donors (Lipinski definition) is 0. The van der Waals surface area contributed by atoms with Gasteiger partial charge in [-0.3, -0.25) is 0 Å². The third-order valence-electron chi connectivity index (χ3n) is 6.39. The number of pyridine rings is 2. The molecule has 4 aromatic carbocycles. The van der Waals surface area contributed by atoms with Gasteiger partial charge in [0.2, 0.25) is 22.1 Å². The van der Waals surface area contributed by atoms with Crippen molar-refractivity contribution in [3.8, 4) is 11.1 Å². The minimum Gasteiger partial charge on any atom is -0.194 e. The first-order chi connectivity index (χ1) is 18.8. The Morgan fingerprint density at radius 1 is 0.333 bits per heavy atom. The number of nitrogens with zero attached hydrogens (tertiary/aromatic N) is 2. The van der Waals surface area contributed by atoms with E-state index in [4.69, 9.17) is 0 Å². The molecule has 0 saturated carbocycles. The number of benzene rings is 4. The number of aryl methyl sites for hydroxylation is 2. The normalized spacial score (nSPS) is 9.59. The largest absolute Gasteiger partial charge is 0.213 e. The Balaban J connectivity index is 0.000000779. The molecular formula is C37H50N2+2. The summed E-state index contributed by atoms with van der Waals surface area (Å²) in [5.41, 5.74) is 7.60. The predicted molar refractivity (Wildman–Crippen MR) is 176 cm³/mol. The fourth-order valence-electron chi connectivity index (χ4n) is 5.00. The van der Waals surface area contributed by atoms with Gasteiger partial charge in [-0.05, 0) is 24.3 Å². The van der Waals surface area contributed by atoms with Gasteiger partial charge in [0, 0.05) is 35.4 Å². The molecule has 2 heteroatoms. The van der Waals surface area contributed by atoms with E-state index in [2.05, 4.69) is 120 Å². The zero-order valence-electron chi connectivity index (χ0n) is 25.1. The van der Waals surface area contributed by atoms with Gasteiger partial charge in [0.1, 0.15) is 14.1 Å². The van der Waals surface area contributed by atoms with Crippen molar-refractivity contribution < 1.29 is 9.13 Å². The van der Waals surface area contributed by atoms with E-state index in [1.165, 1.54) is 54.7 Å². The number of fused-ring (bicyclic) bond motifs is 4. The van der Waals surface area contributed by atoms with E-state index in [0.717, 1.165) is 0 Å². The van der Waals surface area contributed by atoms with Crippen LogP contribution in [0.1, 0.15) is 62.8 Å². The molecule has 0 unspecified atom stereocenters. The van der Waals surface area contributed by atoms with Gasteiger partial charge in [0.25, 0.3) is 0 Å². The van der Waals surface area contributed by atoms with E-state index in [0.29, 0.717) is 0 Å². The van der Waals surface area contributed by atoms with Crippen LogP contribution >= 0.6 is 0 Å². The van der Waals surface area contributed by atoms with Crippen LogP contribution in [0.25, 0.3) is 54.7 Å².